The third-order valence-corrected chi connectivity index (χ3v) is 8.66. The van der Waals surface area contributed by atoms with Gasteiger partial charge in [-0.3, -0.25) is 14.2 Å². The lowest BCUT2D eigenvalue weighted by molar-refractivity contribution is -0.120. The van der Waals surface area contributed by atoms with Crippen molar-refractivity contribution in [3.63, 3.8) is 0 Å². The molecule has 1 saturated heterocycles. The molecule has 1 N–H and O–H groups in total. The highest BCUT2D eigenvalue weighted by atomic mass is 32.2. The van der Waals surface area contributed by atoms with Gasteiger partial charge >= 0.3 is 4.87 Å². The van der Waals surface area contributed by atoms with Gasteiger partial charge in [0.1, 0.15) is 0 Å². The Balaban J connectivity index is 1.46. The molecular formula is C22H25N3O4S2. The number of hydrogen-bond donors (Lipinski definition) is 1. The van der Waals surface area contributed by atoms with E-state index in [0.717, 1.165) is 28.1 Å². The number of aryl methyl sites for hydroxylation is 2. The maximum atomic E-state index is 13.1. The van der Waals surface area contributed by atoms with E-state index in [9.17, 15) is 18.0 Å². The largest absolute Gasteiger partial charge is 0.326 e. The summed E-state index contributed by atoms with van der Waals surface area (Å²) in [6.45, 7) is 4.95. The molecule has 3 aromatic rings. The van der Waals surface area contributed by atoms with Gasteiger partial charge in [0.05, 0.1) is 15.1 Å². The molecule has 1 amide bonds. The van der Waals surface area contributed by atoms with E-state index in [1.54, 1.807) is 22.8 Å². The Morgan fingerprint density at radius 1 is 1.16 bits per heavy atom. The molecule has 0 unspecified atom stereocenters. The number of piperidine rings is 1. The van der Waals surface area contributed by atoms with Crippen LogP contribution in [0.25, 0.3) is 10.2 Å². The number of fused-ring (bicyclic) bond motifs is 1. The van der Waals surface area contributed by atoms with Crippen LogP contribution in [0.1, 0.15) is 25.3 Å². The molecule has 4 rings (SSSR count). The fourth-order valence-electron chi connectivity index (χ4n) is 3.96. The number of amides is 1. The number of para-hydroxylation sites is 1. The Hall–Kier alpha value is -2.49. The summed E-state index contributed by atoms with van der Waals surface area (Å²) in [5.74, 6) is -0.296. The molecule has 0 radical (unpaired) electrons. The molecule has 1 aliphatic heterocycles. The van der Waals surface area contributed by atoms with Gasteiger partial charge in [0.15, 0.2) is 0 Å². The Labute approximate surface area is 185 Å². The minimum Gasteiger partial charge on any atom is -0.326 e. The summed E-state index contributed by atoms with van der Waals surface area (Å²) in [7, 11) is -3.68. The fraction of sp³-hybridized carbons (Fsp3) is 0.364. The molecule has 1 fully saturated rings. The molecule has 0 atom stereocenters. The first-order valence-corrected chi connectivity index (χ1v) is 12.6. The lowest BCUT2D eigenvalue weighted by Crippen LogP contribution is -2.41. The molecule has 9 heteroatoms. The molecule has 0 bridgehead atoms. The van der Waals surface area contributed by atoms with Crippen molar-refractivity contribution in [3.05, 3.63) is 57.7 Å². The number of sulfonamides is 1. The van der Waals surface area contributed by atoms with Crippen molar-refractivity contribution in [1.29, 1.82) is 0 Å². The first-order chi connectivity index (χ1) is 14.8. The van der Waals surface area contributed by atoms with Crippen molar-refractivity contribution in [1.82, 2.24) is 8.87 Å². The Bertz CT molecular complexity index is 1290. The van der Waals surface area contributed by atoms with Crippen molar-refractivity contribution in [2.24, 2.45) is 5.92 Å². The van der Waals surface area contributed by atoms with E-state index in [0.29, 0.717) is 37.2 Å². The van der Waals surface area contributed by atoms with Crippen LogP contribution in [0.4, 0.5) is 5.69 Å². The lowest BCUT2D eigenvalue weighted by atomic mass is 9.97. The number of thiazole rings is 1. The van der Waals surface area contributed by atoms with Crippen LogP contribution in [-0.2, 0) is 21.4 Å². The monoisotopic (exact) mass is 459 g/mol. The maximum absolute atomic E-state index is 13.1. The predicted molar refractivity (Wildman–Crippen MR) is 123 cm³/mol. The van der Waals surface area contributed by atoms with Crippen molar-refractivity contribution in [2.75, 3.05) is 18.4 Å². The molecule has 1 aromatic heterocycles. The van der Waals surface area contributed by atoms with Crippen LogP contribution < -0.4 is 10.2 Å². The number of hydrogen-bond acceptors (Lipinski definition) is 5. The third-order valence-electron chi connectivity index (χ3n) is 5.82. The smallest absolute Gasteiger partial charge is 0.308 e. The fourth-order valence-corrected chi connectivity index (χ4v) is 6.53. The van der Waals surface area contributed by atoms with Crippen LogP contribution in [0, 0.1) is 12.8 Å². The summed E-state index contributed by atoms with van der Waals surface area (Å²) in [6, 6.07) is 12.4. The quantitative estimate of drug-likeness (QED) is 0.633. The number of benzene rings is 2. The van der Waals surface area contributed by atoms with E-state index in [-0.39, 0.29) is 21.6 Å². The first-order valence-electron chi connectivity index (χ1n) is 10.3. The number of nitrogens with zero attached hydrogens (tertiary/aromatic N) is 2. The van der Waals surface area contributed by atoms with E-state index < -0.39 is 10.0 Å². The van der Waals surface area contributed by atoms with Gasteiger partial charge in [-0.05, 0) is 56.5 Å². The van der Waals surface area contributed by atoms with Gasteiger partial charge in [0, 0.05) is 31.2 Å². The van der Waals surface area contributed by atoms with Crippen molar-refractivity contribution < 1.29 is 13.2 Å². The predicted octanol–water partition coefficient (Wildman–Crippen LogP) is 3.43. The van der Waals surface area contributed by atoms with Gasteiger partial charge < -0.3 is 5.32 Å². The van der Waals surface area contributed by atoms with Gasteiger partial charge in [-0.2, -0.15) is 4.31 Å². The average Bonchev–Trinajstić information content (AvgIpc) is 3.09. The topological polar surface area (TPSA) is 88.5 Å². The van der Waals surface area contributed by atoms with Crippen LogP contribution >= 0.6 is 11.3 Å². The molecular weight excluding hydrogens is 434 g/mol. The van der Waals surface area contributed by atoms with Crippen LogP contribution in [0.15, 0.2) is 52.2 Å². The molecule has 2 aromatic carbocycles. The number of aromatic nitrogens is 1. The molecule has 0 aliphatic carbocycles. The number of nitrogens with one attached hydrogen (secondary N) is 1. The van der Waals surface area contributed by atoms with E-state index >= 15 is 0 Å². The molecule has 164 valence electrons. The first kappa shape index (κ1) is 21.7. The molecule has 1 aliphatic rings. The normalized spacial score (nSPS) is 15.9. The number of carbonyl (C=O) groups is 1. The van der Waals surface area contributed by atoms with Crippen molar-refractivity contribution in [3.8, 4) is 0 Å². The van der Waals surface area contributed by atoms with E-state index in [4.69, 9.17) is 0 Å². The summed E-state index contributed by atoms with van der Waals surface area (Å²) < 4.78 is 30.0. The zero-order chi connectivity index (χ0) is 22.2. The standard InChI is InChI=1S/C22H25N3O4S2/c1-3-25-19-9-8-17(14-20(19)30-22(25)27)31(28,29)24-12-10-16(11-13-24)21(26)23-18-7-5-4-6-15(18)2/h4-9,14,16H,3,10-13H2,1-2H3,(H,23,26). The van der Waals surface area contributed by atoms with E-state index in [2.05, 4.69) is 5.32 Å². The van der Waals surface area contributed by atoms with E-state index in [1.165, 1.54) is 4.31 Å². The lowest BCUT2D eigenvalue weighted by Gasteiger charge is -2.30. The Morgan fingerprint density at radius 2 is 1.87 bits per heavy atom. The second kappa shape index (κ2) is 8.57. The molecule has 0 saturated carbocycles. The van der Waals surface area contributed by atoms with Gasteiger partial charge in [-0.25, -0.2) is 8.42 Å². The molecule has 31 heavy (non-hydrogen) atoms. The van der Waals surface area contributed by atoms with Gasteiger partial charge in [0.2, 0.25) is 15.9 Å². The Morgan fingerprint density at radius 3 is 2.55 bits per heavy atom. The minimum atomic E-state index is -3.68. The average molecular weight is 460 g/mol. The van der Waals surface area contributed by atoms with Gasteiger partial charge in [-0.1, -0.05) is 29.5 Å². The van der Waals surface area contributed by atoms with Crippen molar-refractivity contribution in [2.45, 2.75) is 38.1 Å². The number of carbonyl (C=O) groups excluding carboxylic acids is 1. The number of anilines is 1. The highest BCUT2D eigenvalue weighted by molar-refractivity contribution is 7.89. The second-order valence-corrected chi connectivity index (χ2v) is 10.7. The third kappa shape index (κ3) is 4.17. The number of rotatable bonds is 5. The highest BCUT2D eigenvalue weighted by Crippen LogP contribution is 2.28. The van der Waals surface area contributed by atoms with Gasteiger partial charge in [0.25, 0.3) is 0 Å². The summed E-state index contributed by atoms with van der Waals surface area (Å²) >= 11 is 1.06. The summed E-state index contributed by atoms with van der Waals surface area (Å²) in [5.41, 5.74) is 2.53. The zero-order valence-corrected chi connectivity index (χ0v) is 19.1. The summed E-state index contributed by atoms with van der Waals surface area (Å²) in [6.07, 6.45) is 0.942. The van der Waals surface area contributed by atoms with Crippen LogP contribution in [-0.4, -0.2) is 36.3 Å². The molecule has 2 heterocycles. The molecule has 7 nitrogen and oxygen atoms in total. The highest BCUT2D eigenvalue weighted by Gasteiger charge is 2.32. The van der Waals surface area contributed by atoms with E-state index in [1.807, 2.05) is 38.1 Å². The molecule has 0 spiro atoms. The van der Waals surface area contributed by atoms with Gasteiger partial charge in [-0.15, -0.1) is 0 Å². The minimum absolute atomic E-state index is 0.0709. The van der Waals surface area contributed by atoms with Crippen molar-refractivity contribution >= 4 is 43.2 Å². The van der Waals surface area contributed by atoms with Crippen LogP contribution in [0.5, 0.6) is 0 Å². The van der Waals surface area contributed by atoms with Crippen LogP contribution in [0.3, 0.4) is 0 Å². The Kier molecular flexibility index (Phi) is 6.00. The second-order valence-electron chi connectivity index (χ2n) is 7.72. The maximum Gasteiger partial charge on any atom is 0.308 e. The van der Waals surface area contributed by atoms with Crippen LogP contribution in [0.2, 0.25) is 0 Å². The summed E-state index contributed by atoms with van der Waals surface area (Å²) in [4.78, 5) is 24.8. The SMILES string of the molecule is CCn1c(=O)sc2cc(S(=O)(=O)N3CCC(C(=O)Nc4ccccc4C)CC3)ccc21. The zero-order valence-electron chi connectivity index (χ0n) is 17.5. The summed E-state index contributed by atoms with van der Waals surface area (Å²) in [5, 5.41) is 2.96.